The number of aliphatic hydroxyl groups is 1. The van der Waals surface area contributed by atoms with Gasteiger partial charge in [0.25, 0.3) is 0 Å². The highest BCUT2D eigenvalue weighted by Gasteiger charge is 2.26. The number of thiophene rings is 1. The third kappa shape index (κ3) is 2.43. The summed E-state index contributed by atoms with van der Waals surface area (Å²) in [4.78, 5) is 29.0. The van der Waals surface area contributed by atoms with Gasteiger partial charge in [-0.25, -0.2) is 0 Å². The van der Waals surface area contributed by atoms with E-state index in [9.17, 15) is 14.7 Å². The maximum Gasteiger partial charge on any atom is 0.238 e. The monoisotopic (exact) mass is 297 g/mol. The van der Waals surface area contributed by atoms with E-state index in [1.807, 2.05) is 25.1 Å². The normalized spacial score (nSPS) is 14.9. The summed E-state index contributed by atoms with van der Waals surface area (Å²) >= 11 is 1.36. The van der Waals surface area contributed by atoms with E-state index in [-0.39, 0.29) is 11.3 Å². The molecule has 0 amide bonds. The quantitative estimate of drug-likeness (QED) is 0.683. The molecule has 2 aromatic heterocycles. The molecule has 1 N–H and O–H groups in total. The van der Waals surface area contributed by atoms with Crippen LogP contribution in [0.1, 0.15) is 10.6 Å². The number of ketones is 2. The molecule has 4 nitrogen and oxygen atoms in total. The molecule has 0 saturated carbocycles. The van der Waals surface area contributed by atoms with Gasteiger partial charge in [0.2, 0.25) is 11.6 Å². The van der Waals surface area contributed by atoms with Crippen LogP contribution in [0, 0.1) is 6.92 Å². The van der Waals surface area contributed by atoms with Gasteiger partial charge in [0.15, 0.2) is 0 Å². The molecule has 0 spiro atoms. The van der Waals surface area contributed by atoms with E-state index in [0.29, 0.717) is 4.88 Å². The molecule has 5 heteroatoms. The number of hydrogen-bond acceptors (Lipinski definition) is 5. The van der Waals surface area contributed by atoms with Crippen molar-refractivity contribution in [1.82, 2.24) is 4.98 Å². The van der Waals surface area contributed by atoms with Crippen LogP contribution in [0.3, 0.4) is 0 Å². The molecule has 0 bridgehead atoms. The van der Waals surface area contributed by atoms with Crippen LogP contribution in [-0.4, -0.2) is 21.7 Å². The highest BCUT2D eigenvalue weighted by molar-refractivity contribution is 7.17. The molecular formula is C16H11NO3S. The van der Waals surface area contributed by atoms with Crippen LogP contribution in [0.4, 0.5) is 0 Å². The van der Waals surface area contributed by atoms with Gasteiger partial charge in [-0.05, 0) is 48.9 Å². The van der Waals surface area contributed by atoms with E-state index in [4.69, 9.17) is 0 Å². The van der Waals surface area contributed by atoms with Crippen LogP contribution in [0.2, 0.25) is 0 Å². The molecule has 1 aliphatic rings. The van der Waals surface area contributed by atoms with Crippen molar-refractivity contribution in [2.45, 2.75) is 6.92 Å². The number of aliphatic hydroxyl groups excluding tert-OH is 1. The lowest BCUT2D eigenvalue weighted by Gasteiger charge is -2.07. The number of hydrogen-bond donors (Lipinski definition) is 1. The first-order chi connectivity index (χ1) is 10.1. The van der Waals surface area contributed by atoms with Crippen molar-refractivity contribution in [1.29, 1.82) is 0 Å². The Bertz CT molecular complexity index is 814. The summed E-state index contributed by atoms with van der Waals surface area (Å²) in [5.41, 5.74) is 1.96. The van der Waals surface area contributed by atoms with Crippen molar-refractivity contribution in [3.63, 3.8) is 0 Å². The Morgan fingerprint density at radius 3 is 2.62 bits per heavy atom. The minimum absolute atomic E-state index is 0.0736. The number of allylic oxidation sites excluding steroid dienone is 3. The molecule has 1 aliphatic carbocycles. The maximum absolute atomic E-state index is 11.9. The summed E-state index contributed by atoms with van der Waals surface area (Å²) in [6, 6.07) is 7.43. The number of carbonyl (C=O) groups is 2. The van der Waals surface area contributed by atoms with Gasteiger partial charge in [0.1, 0.15) is 5.76 Å². The summed E-state index contributed by atoms with van der Waals surface area (Å²) in [5.74, 6) is -1.45. The first kappa shape index (κ1) is 13.5. The second-order valence-corrected chi connectivity index (χ2v) is 5.72. The molecule has 104 valence electrons. The lowest BCUT2D eigenvalue weighted by atomic mass is 9.99. The van der Waals surface area contributed by atoms with Gasteiger partial charge in [-0.15, -0.1) is 11.3 Å². The number of carbonyl (C=O) groups excluding carboxylic acids is 2. The first-order valence-electron chi connectivity index (χ1n) is 6.29. The number of Topliss-reactive ketones (excluding diaryl/α,β-unsaturated/α-hetero) is 1. The second kappa shape index (κ2) is 5.10. The molecule has 3 rings (SSSR count). The Labute approximate surface area is 125 Å². The van der Waals surface area contributed by atoms with Crippen LogP contribution in [-0.2, 0) is 9.59 Å². The Morgan fingerprint density at radius 1 is 1.10 bits per heavy atom. The van der Waals surface area contributed by atoms with Gasteiger partial charge in [-0.2, -0.15) is 0 Å². The molecule has 0 radical (unpaired) electrons. The fraction of sp³-hybridized carbons (Fsp3) is 0.0625. The van der Waals surface area contributed by atoms with Crippen molar-refractivity contribution in [2.24, 2.45) is 0 Å². The number of pyridine rings is 1. The fourth-order valence-electron chi connectivity index (χ4n) is 2.12. The van der Waals surface area contributed by atoms with Crippen molar-refractivity contribution < 1.29 is 14.7 Å². The van der Waals surface area contributed by atoms with E-state index >= 15 is 0 Å². The summed E-state index contributed by atoms with van der Waals surface area (Å²) < 4.78 is 0. The lowest BCUT2D eigenvalue weighted by Crippen LogP contribution is -2.17. The van der Waals surface area contributed by atoms with Crippen LogP contribution in [0.15, 0.2) is 48.4 Å². The van der Waals surface area contributed by atoms with E-state index in [2.05, 4.69) is 4.98 Å². The Balaban J connectivity index is 2.05. The van der Waals surface area contributed by atoms with E-state index in [1.165, 1.54) is 17.4 Å². The van der Waals surface area contributed by atoms with Crippen LogP contribution < -0.4 is 0 Å². The standard InChI is InChI=1S/C16H11NO3S/c1-9-8-10(6-7-17-9)13-4-5-14(21-13)15-11(18)2-3-12(19)16(15)20/h2-8,18H,1H3. The zero-order valence-electron chi connectivity index (χ0n) is 11.2. The van der Waals surface area contributed by atoms with Crippen molar-refractivity contribution >= 4 is 28.5 Å². The molecule has 2 aromatic rings. The van der Waals surface area contributed by atoms with Crippen LogP contribution in [0.25, 0.3) is 16.0 Å². The van der Waals surface area contributed by atoms with E-state index in [1.54, 1.807) is 12.3 Å². The smallest absolute Gasteiger partial charge is 0.238 e. The highest BCUT2D eigenvalue weighted by Crippen LogP contribution is 2.34. The zero-order chi connectivity index (χ0) is 15.0. The van der Waals surface area contributed by atoms with Gasteiger partial charge in [-0.1, -0.05) is 0 Å². The van der Waals surface area contributed by atoms with E-state index in [0.717, 1.165) is 22.2 Å². The minimum atomic E-state index is -0.672. The SMILES string of the molecule is Cc1cc(-c2ccc(C3=C(O)C=CC(=O)C3=O)s2)ccn1. The first-order valence-corrected chi connectivity index (χ1v) is 7.11. The van der Waals surface area contributed by atoms with Gasteiger partial charge < -0.3 is 5.11 Å². The Kier molecular flexibility index (Phi) is 3.27. The molecule has 21 heavy (non-hydrogen) atoms. The highest BCUT2D eigenvalue weighted by atomic mass is 32.1. The Hall–Kier alpha value is -2.53. The van der Waals surface area contributed by atoms with Gasteiger partial charge in [0.05, 0.1) is 5.57 Å². The Morgan fingerprint density at radius 2 is 1.86 bits per heavy atom. The second-order valence-electron chi connectivity index (χ2n) is 4.64. The topological polar surface area (TPSA) is 67.3 Å². The average molecular weight is 297 g/mol. The van der Waals surface area contributed by atoms with E-state index < -0.39 is 11.6 Å². The number of nitrogens with zero attached hydrogens (tertiary/aromatic N) is 1. The predicted octanol–water partition coefficient (Wildman–Crippen LogP) is 3.10. The molecule has 0 fully saturated rings. The number of aromatic nitrogens is 1. The van der Waals surface area contributed by atoms with Crippen LogP contribution >= 0.6 is 11.3 Å². The predicted molar refractivity (Wildman–Crippen MR) is 81.0 cm³/mol. The average Bonchev–Trinajstić information content (AvgIpc) is 2.93. The number of aryl methyl sites for hydroxylation is 1. The summed E-state index contributed by atoms with van der Waals surface area (Å²) in [6.07, 6.45) is 4.07. The lowest BCUT2D eigenvalue weighted by molar-refractivity contribution is -0.130. The fourth-order valence-corrected chi connectivity index (χ4v) is 3.17. The van der Waals surface area contributed by atoms with Gasteiger partial charge >= 0.3 is 0 Å². The molecule has 0 aromatic carbocycles. The summed E-state index contributed by atoms with van der Waals surface area (Å²) in [6.45, 7) is 1.90. The molecule has 2 heterocycles. The zero-order valence-corrected chi connectivity index (χ0v) is 12.0. The molecule has 0 atom stereocenters. The van der Waals surface area contributed by atoms with Gasteiger partial charge in [-0.3, -0.25) is 14.6 Å². The molecule has 0 unspecified atom stereocenters. The minimum Gasteiger partial charge on any atom is -0.507 e. The molecular weight excluding hydrogens is 286 g/mol. The largest absolute Gasteiger partial charge is 0.507 e. The van der Waals surface area contributed by atoms with Crippen molar-refractivity contribution in [3.8, 4) is 10.4 Å². The third-order valence-electron chi connectivity index (χ3n) is 3.13. The molecule has 0 saturated heterocycles. The maximum atomic E-state index is 11.9. The van der Waals surface area contributed by atoms with Crippen molar-refractivity contribution in [2.75, 3.05) is 0 Å². The molecule has 0 aliphatic heterocycles. The van der Waals surface area contributed by atoms with Crippen molar-refractivity contribution in [3.05, 3.63) is 58.9 Å². The summed E-state index contributed by atoms with van der Waals surface area (Å²) in [5, 5.41) is 9.85. The third-order valence-corrected chi connectivity index (χ3v) is 4.28. The van der Waals surface area contributed by atoms with Crippen LogP contribution in [0.5, 0.6) is 0 Å². The number of rotatable bonds is 2. The summed E-state index contributed by atoms with van der Waals surface area (Å²) in [7, 11) is 0. The van der Waals surface area contributed by atoms with Gasteiger partial charge in [0, 0.05) is 21.6 Å².